The van der Waals surface area contributed by atoms with Crippen molar-refractivity contribution in [2.45, 2.75) is 30.3 Å². The van der Waals surface area contributed by atoms with Crippen LogP contribution < -0.4 is 5.32 Å². The van der Waals surface area contributed by atoms with Crippen LogP contribution in [0.25, 0.3) is 0 Å². The second-order valence-corrected chi connectivity index (χ2v) is 4.22. The number of hydrogen-bond acceptors (Lipinski definition) is 9. The molecule has 0 aromatic rings. The van der Waals surface area contributed by atoms with E-state index in [0.717, 1.165) is 14.2 Å². The minimum Gasteiger partial charge on any atom is -0.394 e. The summed E-state index contributed by atoms with van der Waals surface area (Å²) in [4.78, 5) is 21.7. The monoisotopic (exact) mass is 295 g/mol. The van der Waals surface area contributed by atoms with Gasteiger partial charge in [-0.3, -0.25) is 0 Å². The molecule has 0 spiro atoms. The Labute approximate surface area is 113 Å². The molecule has 0 aromatic heterocycles. The standard InChI is InChI=1S/C9H17N3O8/c1-12(11-18)8(16)10-9(17)6(15)5(14)4(3-13)20-7(9)19-2/h4-7,13-15,17H,3H2,1-2H3,(H,10,16)/t4-,5-,6+,7-,9+/m1/s1. The molecule has 5 N–H and O–H groups in total. The van der Waals surface area contributed by atoms with E-state index in [1.54, 1.807) is 0 Å². The van der Waals surface area contributed by atoms with E-state index in [0.29, 0.717) is 5.01 Å². The normalized spacial score (nSPS) is 37.3. The predicted molar refractivity (Wildman–Crippen MR) is 61.8 cm³/mol. The smallest absolute Gasteiger partial charge is 0.342 e. The topological polar surface area (TPSA) is 161 Å². The van der Waals surface area contributed by atoms with Crippen LogP contribution in [0.2, 0.25) is 0 Å². The summed E-state index contributed by atoms with van der Waals surface area (Å²) in [6, 6.07) is -1.15. The number of ether oxygens (including phenoxy) is 2. The van der Waals surface area contributed by atoms with Gasteiger partial charge in [-0.2, -0.15) is 5.01 Å². The lowest BCUT2D eigenvalue weighted by atomic mass is 9.93. The predicted octanol–water partition coefficient (Wildman–Crippen LogP) is -2.92. The first-order chi connectivity index (χ1) is 9.31. The summed E-state index contributed by atoms with van der Waals surface area (Å²) in [7, 11) is 2.12. The second kappa shape index (κ2) is 6.39. The zero-order valence-corrected chi connectivity index (χ0v) is 10.8. The SMILES string of the molecule is CO[C@@H]1O[C@H](CO)[C@@H](O)[C@H](O)[C@@]1(O)NC(=O)N(C)N=O. The molecule has 0 bridgehead atoms. The number of nitrogens with one attached hydrogen (secondary N) is 1. The van der Waals surface area contributed by atoms with E-state index in [2.05, 4.69) is 5.29 Å². The fraction of sp³-hybridized carbons (Fsp3) is 0.889. The number of urea groups is 1. The molecule has 11 heteroatoms. The molecule has 1 rings (SSSR count). The molecule has 2 amide bonds. The number of amides is 2. The van der Waals surface area contributed by atoms with E-state index in [9.17, 15) is 25.0 Å². The van der Waals surface area contributed by atoms with Crippen molar-refractivity contribution >= 4 is 6.03 Å². The average Bonchev–Trinajstić information content (AvgIpc) is 2.44. The molecule has 1 aliphatic heterocycles. The second-order valence-electron chi connectivity index (χ2n) is 4.22. The van der Waals surface area contributed by atoms with Gasteiger partial charge in [0.05, 0.1) is 11.9 Å². The van der Waals surface area contributed by atoms with E-state index in [-0.39, 0.29) is 0 Å². The van der Waals surface area contributed by atoms with Crippen molar-refractivity contribution in [1.29, 1.82) is 0 Å². The van der Waals surface area contributed by atoms with Gasteiger partial charge in [0.25, 0.3) is 0 Å². The zero-order chi connectivity index (χ0) is 15.5. The molecule has 1 fully saturated rings. The molecule has 5 atom stereocenters. The Morgan fingerprint density at radius 1 is 1.55 bits per heavy atom. The van der Waals surface area contributed by atoms with Crippen LogP contribution in [-0.4, -0.2) is 82.6 Å². The van der Waals surface area contributed by atoms with Gasteiger partial charge in [-0.15, -0.1) is 4.91 Å². The molecule has 11 nitrogen and oxygen atoms in total. The maximum Gasteiger partial charge on any atom is 0.342 e. The maximum absolute atomic E-state index is 11.5. The molecule has 0 unspecified atom stereocenters. The summed E-state index contributed by atoms with van der Waals surface area (Å²) in [5.74, 6) is 0. The van der Waals surface area contributed by atoms with Crippen molar-refractivity contribution < 1.29 is 34.7 Å². The number of rotatable bonds is 4. The quantitative estimate of drug-likeness (QED) is 0.209. The fourth-order valence-electron chi connectivity index (χ4n) is 1.75. The average molecular weight is 295 g/mol. The summed E-state index contributed by atoms with van der Waals surface area (Å²) in [5.41, 5.74) is -2.53. The van der Waals surface area contributed by atoms with E-state index >= 15 is 0 Å². The molecule has 1 heterocycles. The van der Waals surface area contributed by atoms with Gasteiger partial charge >= 0.3 is 6.03 Å². The molecule has 0 radical (unpaired) electrons. The lowest BCUT2D eigenvalue weighted by Gasteiger charge is -2.47. The highest BCUT2D eigenvalue weighted by atomic mass is 16.7. The van der Waals surface area contributed by atoms with Gasteiger partial charge < -0.3 is 35.2 Å². The lowest BCUT2D eigenvalue weighted by Crippen LogP contribution is -2.74. The van der Waals surface area contributed by atoms with Gasteiger partial charge in [0.15, 0.2) is 0 Å². The minimum atomic E-state index is -2.53. The van der Waals surface area contributed by atoms with Crippen LogP contribution in [0.3, 0.4) is 0 Å². The largest absolute Gasteiger partial charge is 0.394 e. The van der Waals surface area contributed by atoms with E-state index in [4.69, 9.17) is 14.6 Å². The van der Waals surface area contributed by atoms with E-state index in [1.165, 1.54) is 0 Å². The number of aliphatic hydroxyl groups is 4. The van der Waals surface area contributed by atoms with Crippen LogP contribution in [-0.2, 0) is 9.47 Å². The van der Waals surface area contributed by atoms with Gasteiger partial charge in [-0.25, -0.2) is 4.79 Å². The molecule has 116 valence electrons. The summed E-state index contributed by atoms with van der Waals surface area (Å²) in [6.07, 6.45) is -6.41. The van der Waals surface area contributed by atoms with Gasteiger partial charge in [0.2, 0.25) is 12.0 Å². The van der Waals surface area contributed by atoms with Gasteiger partial charge in [0, 0.05) is 14.2 Å². The molecule has 0 aromatic carbocycles. The lowest BCUT2D eigenvalue weighted by molar-refractivity contribution is -0.341. The Balaban J connectivity index is 2.98. The summed E-state index contributed by atoms with van der Waals surface area (Å²) in [6.45, 7) is -0.641. The van der Waals surface area contributed by atoms with Crippen molar-refractivity contribution in [3.8, 4) is 0 Å². The Bertz CT molecular complexity index is 365. The number of nitrogens with zero attached hydrogens (tertiary/aromatic N) is 2. The maximum atomic E-state index is 11.5. The first-order valence-corrected chi connectivity index (χ1v) is 5.58. The summed E-state index contributed by atoms with van der Waals surface area (Å²) in [5, 5.41) is 43.3. The number of hydrogen-bond donors (Lipinski definition) is 5. The number of carbonyl (C=O) groups excluding carboxylic acids is 1. The molecule has 0 saturated carbocycles. The first kappa shape index (κ1) is 16.7. The van der Waals surface area contributed by atoms with E-state index < -0.39 is 43.0 Å². The number of methoxy groups -OCH3 is 1. The number of carbonyl (C=O) groups is 1. The van der Waals surface area contributed by atoms with Crippen LogP contribution in [0.15, 0.2) is 5.29 Å². The molecule has 1 aliphatic rings. The molecular weight excluding hydrogens is 278 g/mol. The van der Waals surface area contributed by atoms with Gasteiger partial charge in [0.1, 0.15) is 18.3 Å². The highest BCUT2D eigenvalue weighted by Gasteiger charge is 2.56. The van der Waals surface area contributed by atoms with Crippen molar-refractivity contribution in [3.63, 3.8) is 0 Å². The Hall–Kier alpha value is -1.37. The summed E-state index contributed by atoms with van der Waals surface area (Å²) < 4.78 is 9.80. The van der Waals surface area contributed by atoms with Gasteiger partial charge in [-0.05, 0) is 0 Å². The highest BCUT2D eigenvalue weighted by molar-refractivity contribution is 5.74. The van der Waals surface area contributed by atoms with Crippen LogP contribution in [0, 0.1) is 4.91 Å². The van der Waals surface area contributed by atoms with Crippen molar-refractivity contribution in [3.05, 3.63) is 4.91 Å². The first-order valence-electron chi connectivity index (χ1n) is 5.58. The summed E-state index contributed by atoms with van der Waals surface area (Å²) >= 11 is 0. The van der Waals surface area contributed by atoms with Crippen LogP contribution >= 0.6 is 0 Å². The fourth-order valence-corrected chi connectivity index (χ4v) is 1.75. The van der Waals surface area contributed by atoms with Crippen LogP contribution in [0.4, 0.5) is 4.79 Å². The Morgan fingerprint density at radius 3 is 2.60 bits per heavy atom. The van der Waals surface area contributed by atoms with E-state index in [1.807, 2.05) is 5.32 Å². The van der Waals surface area contributed by atoms with Crippen LogP contribution in [0.1, 0.15) is 0 Å². The number of nitroso groups, excluding NO2 is 1. The van der Waals surface area contributed by atoms with Crippen molar-refractivity contribution in [2.24, 2.45) is 5.29 Å². The third-order valence-electron chi connectivity index (χ3n) is 2.93. The Kier molecular flexibility index (Phi) is 5.33. The third-order valence-corrected chi connectivity index (χ3v) is 2.93. The molecular formula is C9H17N3O8. The third kappa shape index (κ3) is 2.87. The highest BCUT2D eigenvalue weighted by Crippen LogP contribution is 2.28. The molecule has 1 saturated heterocycles. The molecule has 20 heavy (non-hydrogen) atoms. The van der Waals surface area contributed by atoms with Crippen LogP contribution in [0.5, 0.6) is 0 Å². The minimum absolute atomic E-state index is 0.321. The Morgan fingerprint density at radius 2 is 2.15 bits per heavy atom. The van der Waals surface area contributed by atoms with Crippen molar-refractivity contribution in [1.82, 2.24) is 10.3 Å². The zero-order valence-electron chi connectivity index (χ0n) is 10.8. The van der Waals surface area contributed by atoms with Crippen molar-refractivity contribution in [2.75, 3.05) is 20.8 Å². The number of aliphatic hydroxyl groups excluding tert-OH is 3. The molecule has 0 aliphatic carbocycles. The van der Waals surface area contributed by atoms with Gasteiger partial charge in [-0.1, -0.05) is 0 Å².